The molecule has 1 aromatic heterocycles. The second-order valence-corrected chi connectivity index (χ2v) is 4.98. The lowest BCUT2D eigenvalue weighted by atomic mass is 10.1. The zero-order valence-corrected chi connectivity index (χ0v) is 11.9. The first-order valence-electron chi connectivity index (χ1n) is 7.11. The molecule has 0 saturated heterocycles. The number of carbonyl (C=O) groups is 1. The number of fused-ring (bicyclic) bond motifs is 1. The molecule has 4 heteroatoms. The summed E-state index contributed by atoms with van der Waals surface area (Å²) in [6, 6.07) is 16.2. The number of aromatic nitrogens is 2. The topological polar surface area (TPSA) is 57.8 Å². The number of rotatable bonds is 4. The molecule has 1 heterocycles. The molecule has 1 amide bonds. The molecule has 21 heavy (non-hydrogen) atoms. The van der Waals surface area contributed by atoms with Gasteiger partial charge in [-0.1, -0.05) is 43.3 Å². The molecule has 4 nitrogen and oxygen atoms in total. The molecule has 0 aliphatic heterocycles. The Labute approximate surface area is 123 Å². The summed E-state index contributed by atoms with van der Waals surface area (Å²) < 4.78 is 0. The highest BCUT2D eigenvalue weighted by Crippen LogP contribution is 2.24. The number of hydrogen-bond donors (Lipinski definition) is 2. The SMILES string of the molecule is CCCC(=O)Nc1nc2cc(-c3ccccc3)ccc2[nH]1. The van der Waals surface area contributed by atoms with Crippen LogP contribution in [-0.2, 0) is 4.79 Å². The molecule has 0 atom stereocenters. The van der Waals surface area contributed by atoms with Gasteiger partial charge >= 0.3 is 0 Å². The van der Waals surface area contributed by atoms with Crippen LogP contribution in [0, 0.1) is 0 Å². The lowest BCUT2D eigenvalue weighted by molar-refractivity contribution is -0.116. The Morgan fingerprint density at radius 1 is 1.14 bits per heavy atom. The van der Waals surface area contributed by atoms with Crippen molar-refractivity contribution in [1.82, 2.24) is 9.97 Å². The van der Waals surface area contributed by atoms with E-state index in [0.29, 0.717) is 12.4 Å². The molecular weight excluding hydrogens is 262 g/mol. The molecule has 2 aromatic carbocycles. The second-order valence-electron chi connectivity index (χ2n) is 4.98. The van der Waals surface area contributed by atoms with Crippen molar-refractivity contribution in [3.63, 3.8) is 0 Å². The van der Waals surface area contributed by atoms with Crippen molar-refractivity contribution in [2.24, 2.45) is 0 Å². The number of amides is 1. The summed E-state index contributed by atoms with van der Waals surface area (Å²) in [5.41, 5.74) is 4.03. The number of nitrogens with zero attached hydrogens (tertiary/aromatic N) is 1. The Balaban J connectivity index is 1.90. The molecule has 106 valence electrons. The van der Waals surface area contributed by atoms with Gasteiger partial charge in [0.25, 0.3) is 0 Å². The van der Waals surface area contributed by atoms with Gasteiger partial charge in [0.15, 0.2) is 0 Å². The van der Waals surface area contributed by atoms with E-state index in [0.717, 1.165) is 28.6 Å². The smallest absolute Gasteiger partial charge is 0.226 e. The van der Waals surface area contributed by atoms with Crippen LogP contribution in [0.5, 0.6) is 0 Å². The number of carbonyl (C=O) groups excluding carboxylic acids is 1. The fourth-order valence-electron chi connectivity index (χ4n) is 2.30. The number of benzene rings is 2. The van der Waals surface area contributed by atoms with Gasteiger partial charge in [-0.05, 0) is 29.7 Å². The van der Waals surface area contributed by atoms with Crippen LogP contribution in [0.3, 0.4) is 0 Å². The van der Waals surface area contributed by atoms with Crippen molar-refractivity contribution >= 4 is 22.9 Å². The van der Waals surface area contributed by atoms with Gasteiger partial charge < -0.3 is 4.98 Å². The maximum atomic E-state index is 11.6. The number of imidazole rings is 1. The highest BCUT2D eigenvalue weighted by molar-refractivity contribution is 5.91. The molecular formula is C17H17N3O. The number of H-pyrrole nitrogens is 1. The molecule has 0 bridgehead atoms. The van der Waals surface area contributed by atoms with E-state index in [1.54, 1.807) is 0 Å². The zero-order valence-electron chi connectivity index (χ0n) is 11.9. The number of anilines is 1. The van der Waals surface area contributed by atoms with Gasteiger partial charge in [0, 0.05) is 6.42 Å². The van der Waals surface area contributed by atoms with E-state index in [1.165, 1.54) is 0 Å². The van der Waals surface area contributed by atoms with Crippen LogP contribution in [0.4, 0.5) is 5.95 Å². The van der Waals surface area contributed by atoms with Gasteiger partial charge in [0.2, 0.25) is 11.9 Å². The van der Waals surface area contributed by atoms with Crippen LogP contribution >= 0.6 is 0 Å². The molecule has 0 aliphatic carbocycles. The monoisotopic (exact) mass is 279 g/mol. The first kappa shape index (κ1) is 13.4. The van der Waals surface area contributed by atoms with Crippen molar-refractivity contribution in [3.05, 3.63) is 48.5 Å². The van der Waals surface area contributed by atoms with Gasteiger partial charge in [0.05, 0.1) is 11.0 Å². The Morgan fingerprint density at radius 2 is 1.95 bits per heavy atom. The van der Waals surface area contributed by atoms with Gasteiger partial charge in [-0.25, -0.2) is 4.98 Å². The van der Waals surface area contributed by atoms with Crippen LogP contribution in [0.2, 0.25) is 0 Å². The number of nitrogens with one attached hydrogen (secondary N) is 2. The van der Waals surface area contributed by atoms with Gasteiger partial charge in [0.1, 0.15) is 0 Å². The van der Waals surface area contributed by atoms with Crippen LogP contribution in [0.1, 0.15) is 19.8 Å². The van der Waals surface area contributed by atoms with E-state index < -0.39 is 0 Å². The Bertz CT molecular complexity index is 762. The molecule has 0 spiro atoms. The van der Waals surface area contributed by atoms with E-state index in [4.69, 9.17) is 0 Å². The summed E-state index contributed by atoms with van der Waals surface area (Å²) in [6.45, 7) is 1.98. The maximum absolute atomic E-state index is 11.6. The van der Waals surface area contributed by atoms with Crippen molar-refractivity contribution in [2.75, 3.05) is 5.32 Å². The summed E-state index contributed by atoms with van der Waals surface area (Å²) in [7, 11) is 0. The summed E-state index contributed by atoms with van der Waals surface area (Å²) in [6.07, 6.45) is 1.33. The molecule has 0 fully saturated rings. The predicted octanol–water partition coefficient (Wildman–Crippen LogP) is 3.97. The first-order valence-corrected chi connectivity index (χ1v) is 7.11. The molecule has 0 radical (unpaired) electrons. The summed E-state index contributed by atoms with van der Waals surface area (Å²) in [4.78, 5) is 19.2. The third-order valence-electron chi connectivity index (χ3n) is 3.33. The second kappa shape index (κ2) is 5.79. The Hall–Kier alpha value is -2.62. The maximum Gasteiger partial charge on any atom is 0.226 e. The van der Waals surface area contributed by atoms with E-state index >= 15 is 0 Å². The summed E-state index contributed by atoms with van der Waals surface area (Å²) in [5, 5.41) is 2.79. The minimum Gasteiger partial charge on any atom is -0.324 e. The predicted molar refractivity (Wildman–Crippen MR) is 85.1 cm³/mol. The Morgan fingerprint density at radius 3 is 2.71 bits per heavy atom. The van der Waals surface area contributed by atoms with E-state index in [2.05, 4.69) is 27.4 Å². The average Bonchev–Trinajstić information content (AvgIpc) is 2.89. The van der Waals surface area contributed by atoms with Gasteiger partial charge in [-0.2, -0.15) is 0 Å². The quantitative estimate of drug-likeness (QED) is 0.759. The van der Waals surface area contributed by atoms with Crippen molar-refractivity contribution < 1.29 is 4.79 Å². The van der Waals surface area contributed by atoms with E-state index in [-0.39, 0.29) is 5.91 Å². The standard InChI is InChI=1S/C17H17N3O/c1-2-6-16(21)20-17-18-14-10-9-13(11-15(14)19-17)12-7-4-3-5-8-12/h3-5,7-11H,2,6H2,1H3,(H2,18,19,20,21). The summed E-state index contributed by atoms with van der Waals surface area (Å²) in [5.74, 6) is 0.494. The van der Waals surface area contributed by atoms with Crippen LogP contribution in [0.25, 0.3) is 22.2 Å². The molecule has 0 aliphatic rings. The molecule has 3 aromatic rings. The fourth-order valence-corrected chi connectivity index (χ4v) is 2.30. The average molecular weight is 279 g/mol. The minimum absolute atomic E-state index is 0.0140. The van der Waals surface area contributed by atoms with Crippen molar-refractivity contribution in [1.29, 1.82) is 0 Å². The molecule has 0 saturated carbocycles. The highest BCUT2D eigenvalue weighted by Gasteiger charge is 2.07. The molecule has 0 unspecified atom stereocenters. The first-order chi connectivity index (χ1) is 10.3. The molecule has 3 rings (SSSR count). The summed E-state index contributed by atoms with van der Waals surface area (Å²) >= 11 is 0. The largest absolute Gasteiger partial charge is 0.324 e. The van der Waals surface area contributed by atoms with Crippen LogP contribution in [-0.4, -0.2) is 15.9 Å². The van der Waals surface area contributed by atoms with Crippen LogP contribution < -0.4 is 5.32 Å². The third-order valence-corrected chi connectivity index (χ3v) is 3.33. The van der Waals surface area contributed by atoms with Crippen molar-refractivity contribution in [3.8, 4) is 11.1 Å². The number of hydrogen-bond acceptors (Lipinski definition) is 2. The molecule has 2 N–H and O–H groups in total. The van der Waals surface area contributed by atoms with Crippen LogP contribution in [0.15, 0.2) is 48.5 Å². The zero-order chi connectivity index (χ0) is 14.7. The normalized spacial score (nSPS) is 10.7. The van der Waals surface area contributed by atoms with Gasteiger partial charge in [-0.15, -0.1) is 0 Å². The lowest BCUT2D eigenvalue weighted by Crippen LogP contribution is -2.11. The van der Waals surface area contributed by atoms with Crippen molar-refractivity contribution in [2.45, 2.75) is 19.8 Å². The third kappa shape index (κ3) is 2.94. The van der Waals surface area contributed by atoms with E-state index in [1.807, 2.05) is 43.3 Å². The minimum atomic E-state index is -0.0140. The van der Waals surface area contributed by atoms with E-state index in [9.17, 15) is 4.79 Å². The highest BCUT2D eigenvalue weighted by atomic mass is 16.1. The van der Waals surface area contributed by atoms with Gasteiger partial charge in [-0.3, -0.25) is 10.1 Å². The Kier molecular flexibility index (Phi) is 3.69. The lowest BCUT2D eigenvalue weighted by Gasteiger charge is -2.00. The number of aromatic amines is 1. The fraction of sp³-hybridized carbons (Fsp3) is 0.176.